The maximum absolute atomic E-state index is 13.6. The lowest BCUT2D eigenvalue weighted by Crippen LogP contribution is -2.14. The Hall–Kier alpha value is -7.72. The van der Waals surface area contributed by atoms with Gasteiger partial charge in [0.1, 0.15) is 0 Å². The van der Waals surface area contributed by atoms with Crippen molar-refractivity contribution in [3.8, 4) is 100 Å². The highest BCUT2D eigenvalue weighted by Crippen LogP contribution is 2.50. The van der Waals surface area contributed by atoms with Crippen LogP contribution in [0.1, 0.15) is 73.4 Å². The first-order chi connectivity index (χ1) is 44.5. The third kappa shape index (κ3) is 12.3. The first-order valence-electron chi connectivity index (χ1n) is 28.9. The predicted octanol–water partition coefficient (Wildman–Crippen LogP) is 24.0. The van der Waals surface area contributed by atoms with E-state index in [1.807, 2.05) is 38.1 Å². The molecule has 0 fully saturated rings. The SMILES string of the molecule is COC(=O)c1c(C)c(-c2ccc(-c3cc4cc(C)ccc4s3)s2)c(C(=O)OC)c(C)c1-c1ccc(-c2cc3cc(C)ccc3s2)s1.COC(=O)c1cc(-c2ccc(-c3ccc(-c4ccc(C)s4)s3)s2)c(C(=O)OC)cc1-c1ccc(-c2ccc(-c3ccc(C)s3)s2)s1. The molecule has 4 aromatic carbocycles. The molecule has 460 valence electrons. The molecule has 0 bridgehead atoms. The molecule has 0 atom stereocenters. The summed E-state index contributed by atoms with van der Waals surface area (Å²) in [7, 11) is 5.57. The number of methoxy groups -OCH3 is 4. The zero-order valence-corrected chi connectivity index (χ0v) is 59.5. The summed E-state index contributed by atoms with van der Waals surface area (Å²) in [6.07, 6.45) is 0. The van der Waals surface area contributed by atoms with Gasteiger partial charge in [-0.1, -0.05) is 35.4 Å². The first kappa shape index (κ1) is 63.1. The largest absolute Gasteiger partial charge is 0.465 e. The normalized spacial score (nSPS) is 11.3. The molecule has 10 aromatic heterocycles. The molecule has 0 aliphatic rings. The Morgan fingerprint density at radius 1 is 0.272 bits per heavy atom. The number of hydrogen-bond donors (Lipinski definition) is 0. The molecule has 0 aliphatic heterocycles. The van der Waals surface area contributed by atoms with Crippen molar-refractivity contribution in [1.29, 1.82) is 0 Å². The topological polar surface area (TPSA) is 105 Å². The number of benzene rings is 4. The van der Waals surface area contributed by atoms with E-state index >= 15 is 0 Å². The standard InChI is InChI=1S/C38H30O4S4.C36H26O4S6/c1-19-7-9-25-23(15-19)17-31(43-25)27-11-13-29(45-27)33-21(3)36(38(40)42-6)34(22(4)35(33)37(39)41-5)30-14-12-28(46-30)32-18-24-16-20(2)8-10-26(24)44-32;1-19-5-7-27(41-19)29-13-15-33(45-29)31-11-9-25(43-31)21-17-24(36(38)40-4)22(18-23(21)35(37)39-3)26-10-12-32(44-26)34-16-14-30(46-34)28-8-6-20(2)42-28/h7-18H,1-6H3;5-18H,1-4H3. The highest BCUT2D eigenvalue weighted by Gasteiger charge is 2.32. The van der Waals surface area contributed by atoms with Gasteiger partial charge >= 0.3 is 23.9 Å². The number of carbonyl (C=O) groups excluding carboxylic acids is 4. The van der Waals surface area contributed by atoms with E-state index < -0.39 is 23.9 Å². The zero-order chi connectivity index (χ0) is 64.2. The molecule has 0 N–H and O–H groups in total. The highest BCUT2D eigenvalue weighted by molar-refractivity contribution is 7.29. The number of rotatable bonds is 14. The Balaban J connectivity index is 0.000000168. The zero-order valence-electron chi connectivity index (χ0n) is 51.4. The number of thiophene rings is 10. The minimum Gasteiger partial charge on any atom is -0.465 e. The molecule has 18 heteroatoms. The third-order valence-corrected chi connectivity index (χ3v) is 27.7. The van der Waals surface area contributed by atoms with Gasteiger partial charge in [-0.25, -0.2) is 19.2 Å². The molecule has 10 heterocycles. The van der Waals surface area contributed by atoms with Crippen LogP contribution < -0.4 is 0 Å². The minimum atomic E-state index is -0.458. The molecule has 14 rings (SSSR count). The molecule has 0 saturated heterocycles. The van der Waals surface area contributed by atoms with E-state index in [1.165, 1.54) is 89.0 Å². The van der Waals surface area contributed by atoms with Gasteiger partial charge < -0.3 is 18.9 Å². The average molecular weight is 1390 g/mol. The van der Waals surface area contributed by atoms with Gasteiger partial charge in [-0.3, -0.25) is 0 Å². The van der Waals surface area contributed by atoms with Crippen LogP contribution in [0.4, 0.5) is 0 Å². The number of fused-ring (bicyclic) bond motifs is 2. The predicted molar refractivity (Wildman–Crippen MR) is 395 cm³/mol. The Morgan fingerprint density at radius 3 is 0.880 bits per heavy atom. The summed E-state index contributed by atoms with van der Waals surface area (Å²) in [6.45, 7) is 12.2. The summed E-state index contributed by atoms with van der Waals surface area (Å²) < 4.78 is 23.7. The number of carbonyl (C=O) groups is 4. The highest BCUT2D eigenvalue weighted by atomic mass is 32.1. The lowest BCUT2D eigenvalue weighted by molar-refractivity contribution is 0.0586. The second kappa shape index (κ2) is 26.3. The van der Waals surface area contributed by atoms with E-state index in [0.717, 1.165) is 58.5 Å². The molecular weight excluding hydrogens is 1340 g/mol. The van der Waals surface area contributed by atoms with Gasteiger partial charge in [0.2, 0.25) is 0 Å². The molecule has 0 unspecified atom stereocenters. The summed E-state index contributed by atoms with van der Waals surface area (Å²) in [5.74, 6) is -1.78. The molecule has 0 amide bonds. The molecule has 0 aliphatic carbocycles. The van der Waals surface area contributed by atoms with Gasteiger partial charge in [0.15, 0.2) is 0 Å². The minimum absolute atomic E-state index is 0.404. The van der Waals surface area contributed by atoms with Crippen LogP contribution in [0.3, 0.4) is 0 Å². The molecule has 8 nitrogen and oxygen atoms in total. The monoisotopic (exact) mass is 1390 g/mol. The van der Waals surface area contributed by atoms with Gasteiger partial charge in [0.25, 0.3) is 0 Å². The summed E-state index contributed by atoms with van der Waals surface area (Å²) in [6, 6.07) is 54.6. The van der Waals surface area contributed by atoms with Crippen molar-refractivity contribution >= 4 is 157 Å². The van der Waals surface area contributed by atoms with E-state index in [-0.39, 0.29) is 0 Å². The van der Waals surface area contributed by atoms with Crippen LogP contribution in [0, 0.1) is 41.5 Å². The fraction of sp³-hybridized carbons (Fsp3) is 0.135. The van der Waals surface area contributed by atoms with Crippen LogP contribution in [0.2, 0.25) is 0 Å². The van der Waals surface area contributed by atoms with Crippen molar-refractivity contribution in [2.45, 2.75) is 41.5 Å². The summed E-state index contributed by atoms with van der Waals surface area (Å²) in [5.41, 5.74) is 8.28. The summed E-state index contributed by atoms with van der Waals surface area (Å²) in [4.78, 5) is 73.7. The third-order valence-electron chi connectivity index (χ3n) is 15.7. The number of esters is 4. The number of hydrogen-bond acceptors (Lipinski definition) is 18. The second-order valence-corrected chi connectivity index (χ2v) is 33.0. The van der Waals surface area contributed by atoms with Gasteiger partial charge in [-0.15, -0.1) is 113 Å². The number of aryl methyl sites for hydroxylation is 4. The second-order valence-electron chi connectivity index (χ2n) is 21.8. The molecule has 92 heavy (non-hydrogen) atoms. The van der Waals surface area contributed by atoms with Crippen molar-refractivity contribution in [3.05, 3.63) is 212 Å². The summed E-state index contributed by atoms with van der Waals surface area (Å²) >= 11 is 17.0. The van der Waals surface area contributed by atoms with Crippen LogP contribution in [0.15, 0.2) is 158 Å². The van der Waals surface area contributed by atoms with Crippen LogP contribution >= 0.6 is 113 Å². The smallest absolute Gasteiger partial charge is 0.338 e. The quantitative estimate of drug-likeness (QED) is 0.0783. The van der Waals surface area contributed by atoms with E-state index in [0.29, 0.717) is 55.6 Å². The summed E-state index contributed by atoms with van der Waals surface area (Å²) in [5, 5.41) is 2.44. The van der Waals surface area contributed by atoms with Crippen LogP contribution in [-0.4, -0.2) is 52.3 Å². The molecule has 0 spiro atoms. The molecule has 0 saturated carbocycles. The van der Waals surface area contributed by atoms with Gasteiger partial charge in [0.05, 0.1) is 50.7 Å². The fourth-order valence-corrected chi connectivity index (χ4v) is 21.9. The van der Waals surface area contributed by atoms with Crippen LogP contribution in [0.25, 0.3) is 120 Å². The van der Waals surface area contributed by atoms with Crippen molar-refractivity contribution in [2.75, 3.05) is 28.4 Å². The van der Waals surface area contributed by atoms with Crippen molar-refractivity contribution in [2.24, 2.45) is 0 Å². The van der Waals surface area contributed by atoms with Gasteiger partial charge in [0, 0.05) is 119 Å². The van der Waals surface area contributed by atoms with Crippen LogP contribution in [0.5, 0.6) is 0 Å². The average Bonchev–Trinajstić information content (AvgIpc) is 1.52. The lowest BCUT2D eigenvalue weighted by Gasteiger charge is -2.21. The van der Waals surface area contributed by atoms with Crippen molar-refractivity contribution in [1.82, 2.24) is 0 Å². The fourth-order valence-electron chi connectivity index (χ4n) is 11.2. The van der Waals surface area contributed by atoms with E-state index in [1.54, 1.807) is 126 Å². The Labute approximate surface area is 572 Å². The van der Waals surface area contributed by atoms with Crippen molar-refractivity contribution < 1.29 is 38.1 Å². The lowest BCUT2D eigenvalue weighted by atomic mass is 9.86. The molecular formula is C74H56O8S10. The Kier molecular flexibility index (Phi) is 18.1. The van der Waals surface area contributed by atoms with Crippen LogP contribution in [-0.2, 0) is 18.9 Å². The molecule has 0 radical (unpaired) electrons. The maximum Gasteiger partial charge on any atom is 0.338 e. The molecule has 14 aromatic rings. The van der Waals surface area contributed by atoms with Gasteiger partial charge in [-0.2, -0.15) is 0 Å². The Bertz CT molecular complexity index is 4860. The maximum atomic E-state index is 13.6. The van der Waals surface area contributed by atoms with E-state index in [4.69, 9.17) is 18.9 Å². The van der Waals surface area contributed by atoms with Gasteiger partial charge in [-0.05, 0) is 197 Å². The first-order valence-corrected chi connectivity index (χ1v) is 37.1. The van der Waals surface area contributed by atoms with E-state index in [9.17, 15) is 19.2 Å². The Morgan fingerprint density at radius 2 is 0.554 bits per heavy atom. The van der Waals surface area contributed by atoms with Crippen molar-refractivity contribution in [3.63, 3.8) is 0 Å². The number of ether oxygens (including phenoxy) is 4. The van der Waals surface area contributed by atoms with E-state index in [2.05, 4.69) is 149 Å².